The number of hydrogen-bond acceptors (Lipinski definition) is 3. The van der Waals surface area contributed by atoms with Gasteiger partial charge < -0.3 is 10.5 Å². The van der Waals surface area contributed by atoms with Crippen LogP contribution in [0.5, 0.6) is 0 Å². The largest absolute Gasteiger partial charge is 0.399 e. The molecule has 3 nitrogen and oxygen atoms in total. The van der Waals surface area contributed by atoms with Gasteiger partial charge in [-0.05, 0) is 35.7 Å². The highest BCUT2D eigenvalue weighted by Gasteiger charge is 1.95. The van der Waals surface area contributed by atoms with Crippen molar-refractivity contribution in [1.82, 2.24) is 4.98 Å². The number of hydrogen-bond donors (Lipinski definition) is 1. The lowest BCUT2D eigenvalue weighted by Gasteiger charge is -2.04. The lowest BCUT2D eigenvalue weighted by molar-refractivity contribution is 0.124. The standard InChI is InChI=1S/C14H16N2O/c15-14-5-3-13(4-6-14)11-17-9-7-12-2-1-8-16-10-12/h1-6,8,10H,7,9,11,15H2. The summed E-state index contributed by atoms with van der Waals surface area (Å²) in [6.07, 6.45) is 4.54. The van der Waals surface area contributed by atoms with Gasteiger partial charge in [0.2, 0.25) is 0 Å². The molecule has 1 heterocycles. The van der Waals surface area contributed by atoms with Crippen molar-refractivity contribution in [2.75, 3.05) is 12.3 Å². The maximum absolute atomic E-state index is 5.61. The molecular weight excluding hydrogens is 212 g/mol. The molecule has 2 rings (SSSR count). The van der Waals surface area contributed by atoms with Crippen LogP contribution < -0.4 is 5.73 Å². The second-order valence-corrected chi connectivity index (χ2v) is 3.91. The topological polar surface area (TPSA) is 48.1 Å². The van der Waals surface area contributed by atoms with Crippen LogP contribution in [0.4, 0.5) is 5.69 Å². The van der Waals surface area contributed by atoms with E-state index in [0.29, 0.717) is 13.2 Å². The molecule has 0 fully saturated rings. The number of rotatable bonds is 5. The summed E-state index contributed by atoms with van der Waals surface area (Å²) in [4.78, 5) is 4.06. The Morgan fingerprint density at radius 1 is 1.06 bits per heavy atom. The van der Waals surface area contributed by atoms with Crippen LogP contribution >= 0.6 is 0 Å². The number of ether oxygens (including phenoxy) is 1. The van der Waals surface area contributed by atoms with Crippen LogP contribution in [0, 0.1) is 0 Å². The van der Waals surface area contributed by atoms with Gasteiger partial charge in [-0.2, -0.15) is 0 Å². The average Bonchev–Trinajstić information content (AvgIpc) is 2.38. The third-order valence-electron chi connectivity index (χ3n) is 2.51. The van der Waals surface area contributed by atoms with E-state index in [2.05, 4.69) is 11.1 Å². The quantitative estimate of drug-likeness (QED) is 0.631. The first-order chi connectivity index (χ1) is 8.34. The predicted octanol–water partition coefficient (Wildman–Crippen LogP) is 2.42. The number of nitrogen functional groups attached to an aromatic ring is 1. The van der Waals surface area contributed by atoms with Crippen LogP contribution in [0.15, 0.2) is 48.8 Å². The molecule has 0 bridgehead atoms. The fourth-order valence-corrected chi connectivity index (χ4v) is 1.54. The van der Waals surface area contributed by atoms with Crippen LogP contribution in [-0.4, -0.2) is 11.6 Å². The second kappa shape index (κ2) is 6.01. The molecule has 0 saturated carbocycles. The summed E-state index contributed by atoms with van der Waals surface area (Å²) >= 11 is 0. The fourth-order valence-electron chi connectivity index (χ4n) is 1.54. The van der Waals surface area contributed by atoms with Crippen LogP contribution in [0.2, 0.25) is 0 Å². The van der Waals surface area contributed by atoms with Gasteiger partial charge in [0.1, 0.15) is 0 Å². The van der Waals surface area contributed by atoms with Crippen LogP contribution in [-0.2, 0) is 17.8 Å². The highest BCUT2D eigenvalue weighted by molar-refractivity contribution is 5.39. The molecule has 0 aliphatic heterocycles. The third kappa shape index (κ3) is 3.89. The summed E-state index contributed by atoms with van der Waals surface area (Å²) in [5.74, 6) is 0. The SMILES string of the molecule is Nc1ccc(COCCc2cccnc2)cc1. The maximum Gasteiger partial charge on any atom is 0.0717 e. The Kier molecular flexibility index (Phi) is 4.11. The summed E-state index contributed by atoms with van der Waals surface area (Å²) in [5.41, 5.74) is 8.73. The number of nitrogens with two attached hydrogens (primary N) is 1. The van der Waals surface area contributed by atoms with Crippen molar-refractivity contribution in [2.24, 2.45) is 0 Å². The van der Waals surface area contributed by atoms with E-state index >= 15 is 0 Å². The maximum atomic E-state index is 5.61. The molecule has 0 unspecified atom stereocenters. The molecule has 1 aromatic carbocycles. The van der Waals surface area contributed by atoms with Gasteiger partial charge in [0, 0.05) is 18.1 Å². The second-order valence-electron chi connectivity index (χ2n) is 3.91. The number of aromatic nitrogens is 1. The van der Waals surface area contributed by atoms with E-state index in [-0.39, 0.29) is 0 Å². The number of anilines is 1. The molecule has 0 amide bonds. The Morgan fingerprint density at radius 3 is 2.59 bits per heavy atom. The summed E-state index contributed by atoms with van der Waals surface area (Å²) in [6.45, 7) is 1.33. The number of benzene rings is 1. The van der Waals surface area contributed by atoms with E-state index in [1.165, 1.54) is 5.56 Å². The Bertz CT molecular complexity index is 440. The average molecular weight is 228 g/mol. The van der Waals surface area contributed by atoms with Gasteiger partial charge in [0.25, 0.3) is 0 Å². The van der Waals surface area contributed by atoms with Crippen molar-refractivity contribution >= 4 is 5.69 Å². The van der Waals surface area contributed by atoms with E-state index < -0.39 is 0 Å². The van der Waals surface area contributed by atoms with Crippen molar-refractivity contribution in [3.63, 3.8) is 0 Å². The van der Waals surface area contributed by atoms with Crippen molar-refractivity contribution in [3.8, 4) is 0 Å². The smallest absolute Gasteiger partial charge is 0.0717 e. The molecule has 88 valence electrons. The summed E-state index contributed by atoms with van der Waals surface area (Å²) in [7, 11) is 0. The molecular formula is C14H16N2O. The molecule has 17 heavy (non-hydrogen) atoms. The van der Waals surface area contributed by atoms with Gasteiger partial charge in [0.15, 0.2) is 0 Å². The van der Waals surface area contributed by atoms with Gasteiger partial charge in [-0.1, -0.05) is 18.2 Å². The van der Waals surface area contributed by atoms with Gasteiger partial charge in [-0.25, -0.2) is 0 Å². The lowest BCUT2D eigenvalue weighted by Crippen LogP contribution is -1.99. The Labute approximate surface area is 101 Å². The molecule has 0 aliphatic carbocycles. The summed E-state index contributed by atoms with van der Waals surface area (Å²) in [6, 6.07) is 11.7. The van der Waals surface area contributed by atoms with E-state index in [1.54, 1.807) is 6.20 Å². The zero-order valence-electron chi connectivity index (χ0n) is 9.67. The lowest BCUT2D eigenvalue weighted by atomic mass is 10.2. The first-order valence-electron chi connectivity index (χ1n) is 5.65. The normalized spacial score (nSPS) is 10.4. The van der Waals surface area contributed by atoms with Crippen molar-refractivity contribution in [3.05, 3.63) is 59.9 Å². The number of pyridine rings is 1. The predicted molar refractivity (Wildman–Crippen MR) is 68.5 cm³/mol. The fraction of sp³-hybridized carbons (Fsp3) is 0.214. The Balaban J connectivity index is 1.71. The van der Waals surface area contributed by atoms with Crippen molar-refractivity contribution < 1.29 is 4.74 Å². The molecule has 0 saturated heterocycles. The summed E-state index contributed by atoms with van der Waals surface area (Å²) in [5, 5.41) is 0. The number of nitrogens with zero attached hydrogens (tertiary/aromatic N) is 1. The summed E-state index contributed by atoms with van der Waals surface area (Å²) < 4.78 is 5.59. The zero-order chi connectivity index (χ0) is 11.9. The molecule has 0 atom stereocenters. The first-order valence-corrected chi connectivity index (χ1v) is 5.65. The van der Waals surface area contributed by atoms with E-state index in [9.17, 15) is 0 Å². The zero-order valence-corrected chi connectivity index (χ0v) is 9.67. The van der Waals surface area contributed by atoms with Gasteiger partial charge in [-0.15, -0.1) is 0 Å². The van der Waals surface area contributed by atoms with Gasteiger partial charge >= 0.3 is 0 Å². The molecule has 2 aromatic rings. The molecule has 2 N–H and O–H groups in total. The first kappa shape index (κ1) is 11.6. The molecule has 1 aromatic heterocycles. The van der Waals surface area contributed by atoms with Crippen molar-refractivity contribution in [2.45, 2.75) is 13.0 Å². The minimum Gasteiger partial charge on any atom is -0.399 e. The van der Waals surface area contributed by atoms with E-state index in [4.69, 9.17) is 10.5 Å². The highest BCUT2D eigenvalue weighted by Crippen LogP contribution is 2.07. The Hall–Kier alpha value is -1.87. The minimum absolute atomic E-state index is 0.626. The van der Waals surface area contributed by atoms with Gasteiger partial charge in [-0.3, -0.25) is 4.98 Å². The molecule has 3 heteroatoms. The van der Waals surface area contributed by atoms with Crippen LogP contribution in [0.25, 0.3) is 0 Å². The van der Waals surface area contributed by atoms with E-state index in [1.807, 2.05) is 36.5 Å². The monoisotopic (exact) mass is 228 g/mol. The van der Waals surface area contributed by atoms with Gasteiger partial charge in [0.05, 0.1) is 13.2 Å². The van der Waals surface area contributed by atoms with Crippen LogP contribution in [0.1, 0.15) is 11.1 Å². The molecule has 0 radical (unpaired) electrons. The molecule has 0 aliphatic rings. The third-order valence-corrected chi connectivity index (χ3v) is 2.51. The Morgan fingerprint density at radius 2 is 1.88 bits per heavy atom. The van der Waals surface area contributed by atoms with Crippen molar-refractivity contribution in [1.29, 1.82) is 0 Å². The van der Waals surface area contributed by atoms with E-state index in [0.717, 1.165) is 17.7 Å². The highest BCUT2D eigenvalue weighted by atomic mass is 16.5. The van der Waals surface area contributed by atoms with Crippen LogP contribution in [0.3, 0.4) is 0 Å². The molecule has 0 spiro atoms. The minimum atomic E-state index is 0.626.